The summed E-state index contributed by atoms with van der Waals surface area (Å²) in [5.74, 6) is 3.32. The number of thioether (sulfide) groups is 1. The minimum atomic E-state index is 0.450. The van der Waals surface area contributed by atoms with Crippen LogP contribution in [0.25, 0.3) is 0 Å². The van der Waals surface area contributed by atoms with Gasteiger partial charge in [-0.2, -0.15) is 11.8 Å². The van der Waals surface area contributed by atoms with Crippen LogP contribution in [0.4, 0.5) is 0 Å². The lowest BCUT2D eigenvalue weighted by molar-refractivity contribution is 0.295. The Morgan fingerprint density at radius 3 is 2.18 bits per heavy atom. The van der Waals surface area contributed by atoms with Gasteiger partial charge in [-0.1, -0.05) is 43.6 Å². The van der Waals surface area contributed by atoms with E-state index in [2.05, 4.69) is 43.6 Å². The lowest BCUT2D eigenvalue weighted by Crippen LogP contribution is -2.24. The number of alkyl halides is 1. The van der Waals surface area contributed by atoms with Crippen LogP contribution in [-0.4, -0.2) is 16.8 Å². The normalized spacial score (nSPS) is 15.0. The molecule has 68 valence electrons. The van der Waals surface area contributed by atoms with Gasteiger partial charge in [0.2, 0.25) is 0 Å². The van der Waals surface area contributed by atoms with Crippen molar-refractivity contribution in [3.63, 3.8) is 0 Å². The highest BCUT2D eigenvalue weighted by Crippen LogP contribution is 2.30. The Kier molecular flexibility index (Phi) is 5.88. The molecule has 0 aliphatic heterocycles. The summed E-state index contributed by atoms with van der Waals surface area (Å²) in [6, 6.07) is 0. The topological polar surface area (TPSA) is 0 Å². The van der Waals surface area contributed by atoms with E-state index in [4.69, 9.17) is 0 Å². The molecular weight excluding hydrogens is 220 g/mol. The maximum atomic E-state index is 3.57. The molecule has 0 N–H and O–H groups in total. The standard InChI is InChI=1S/C9H19BrS/c1-5-11-7-8(6-10)9(2,3)4/h8H,5-7H2,1-4H3. The number of hydrogen-bond acceptors (Lipinski definition) is 1. The van der Waals surface area contributed by atoms with E-state index in [-0.39, 0.29) is 0 Å². The van der Waals surface area contributed by atoms with Crippen molar-refractivity contribution in [2.45, 2.75) is 27.7 Å². The molecule has 0 saturated heterocycles. The Morgan fingerprint density at radius 2 is 1.91 bits per heavy atom. The number of halogens is 1. The smallest absolute Gasteiger partial charge is 0.00725 e. The molecule has 2 heteroatoms. The van der Waals surface area contributed by atoms with Gasteiger partial charge < -0.3 is 0 Å². The Morgan fingerprint density at radius 1 is 1.36 bits per heavy atom. The molecule has 1 atom stereocenters. The van der Waals surface area contributed by atoms with Crippen LogP contribution in [0.5, 0.6) is 0 Å². The van der Waals surface area contributed by atoms with E-state index in [9.17, 15) is 0 Å². The van der Waals surface area contributed by atoms with Gasteiger partial charge in [-0.05, 0) is 22.8 Å². The van der Waals surface area contributed by atoms with Crippen molar-refractivity contribution in [1.82, 2.24) is 0 Å². The first-order chi connectivity index (χ1) is 5.02. The Balaban J connectivity index is 3.76. The van der Waals surface area contributed by atoms with Crippen molar-refractivity contribution < 1.29 is 0 Å². The van der Waals surface area contributed by atoms with Crippen molar-refractivity contribution in [2.24, 2.45) is 11.3 Å². The highest BCUT2D eigenvalue weighted by molar-refractivity contribution is 9.09. The minimum absolute atomic E-state index is 0.450. The van der Waals surface area contributed by atoms with Crippen LogP contribution in [0.15, 0.2) is 0 Å². The Labute approximate surface area is 83.6 Å². The van der Waals surface area contributed by atoms with Crippen molar-refractivity contribution in [1.29, 1.82) is 0 Å². The molecule has 11 heavy (non-hydrogen) atoms. The van der Waals surface area contributed by atoms with Crippen LogP contribution >= 0.6 is 27.7 Å². The van der Waals surface area contributed by atoms with E-state index in [1.54, 1.807) is 0 Å². The van der Waals surface area contributed by atoms with E-state index < -0.39 is 0 Å². The van der Waals surface area contributed by atoms with E-state index in [0.717, 1.165) is 11.2 Å². The molecule has 0 radical (unpaired) electrons. The van der Waals surface area contributed by atoms with Crippen LogP contribution in [0.2, 0.25) is 0 Å². The molecule has 0 aromatic rings. The molecule has 0 fully saturated rings. The lowest BCUT2D eigenvalue weighted by atomic mass is 9.83. The fourth-order valence-corrected chi connectivity index (χ4v) is 3.43. The molecular formula is C9H19BrS. The van der Waals surface area contributed by atoms with E-state index >= 15 is 0 Å². The van der Waals surface area contributed by atoms with Gasteiger partial charge in [-0.15, -0.1) is 0 Å². The summed E-state index contributed by atoms with van der Waals surface area (Å²) in [6.07, 6.45) is 0. The fraction of sp³-hybridized carbons (Fsp3) is 1.00. The van der Waals surface area contributed by atoms with Gasteiger partial charge in [0.25, 0.3) is 0 Å². The Hall–Kier alpha value is 0.830. The van der Waals surface area contributed by atoms with Crippen molar-refractivity contribution in [3.8, 4) is 0 Å². The molecule has 0 amide bonds. The molecule has 0 spiro atoms. The quantitative estimate of drug-likeness (QED) is 0.672. The van der Waals surface area contributed by atoms with E-state index in [1.165, 1.54) is 11.5 Å². The zero-order valence-corrected chi connectivity index (χ0v) is 10.4. The maximum Gasteiger partial charge on any atom is 0.00725 e. The average molecular weight is 239 g/mol. The third-order valence-electron chi connectivity index (χ3n) is 1.93. The molecule has 0 bridgehead atoms. The molecule has 0 saturated carbocycles. The van der Waals surface area contributed by atoms with Gasteiger partial charge in [0, 0.05) is 5.33 Å². The third-order valence-corrected chi connectivity index (χ3v) is 3.76. The second kappa shape index (κ2) is 5.47. The third kappa shape index (κ3) is 5.13. The summed E-state index contributed by atoms with van der Waals surface area (Å²) < 4.78 is 0. The van der Waals surface area contributed by atoms with Crippen LogP contribution in [0.1, 0.15) is 27.7 Å². The van der Waals surface area contributed by atoms with Crippen molar-refractivity contribution >= 4 is 27.7 Å². The van der Waals surface area contributed by atoms with Crippen LogP contribution in [-0.2, 0) is 0 Å². The summed E-state index contributed by atoms with van der Waals surface area (Å²) >= 11 is 5.61. The maximum absolute atomic E-state index is 3.57. The predicted molar refractivity (Wildman–Crippen MR) is 59.7 cm³/mol. The van der Waals surface area contributed by atoms with Crippen LogP contribution < -0.4 is 0 Å². The molecule has 0 aromatic carbocycles. The lowest BCUT2D eigenvalue weighted by Gasteiger charge is -2.28. The predicted octanol–water partition coefficient (Wildman–Crippen LogP) is 3.80. The summed E-state index contributed by atoms with van der Waals surface area (Å²) in [5.41, 5.74) is 0.450. The van der Waals surface area contributed by atoms with E-state index in [0.29, 0.717) is 5.41 Å². The second-order valence-electron chi connectivity index (χ2n) is 3.88. The first kappa shape index (κ1) is 11.8. The molecule has 0 aliphatic carbocycles. The fourth-order valence-electron chi connectivity index (χ4n) is 0.786. The summed E-state index contributed by atoms with van der Waals surface area (Å²) in [7, 11) is 0. The highest BCUT2D eigenvalue weighted by atomic mass is 79.9. The van der Waals surface area contributed by atoms with Crippen LogP contribution in [0, 0.1) is 11.3 Å². The summed E-state index contributed by atoms with van der Waals surface area (Å²) in [6.45, 7) is 9.16. The minimum Gasteiger partial charge on any atom is -0.162 e. The molecule has 1 unspecified atom stereocenters. The Bertz CT molecular complexity index is 96.2. The SMILES string of the molecule is CCSCC(CBr)C(C)(C)C. The average Bonchev–Trinajstić information content (AvgIpc) is 1.87. The highest BCUT2D eigenvalue weighted by Gasteiger charge is 2.22. The largest absolute Gasteiger partial charge is 0.162 e. The monoisotopic (exact) mass is 238 g/mol. The van der Waals surface area contributed by atoms with E-state index in [1.807, 2.05) is 11.8 Å². The van der Waals surface area contributed by atoms with Gasteiger partial charge in [0.15, 0.2) is 0 Å². The summed E-state index contributed by atoms with van der Waals surface area (Å²) in [5, 5.41) is 1.13. The summed E-state index contributed by atoms with van der Waals surface area (Å²) in [4.78, 5) is 0. The van der Waals surface area contributed by atoms with Crippen molar-refractivity contribution in [2.75, 3.05) is 16.8 Å². The first-order valence-corrected chi connectivity index (χ1v) is 6.43. The van der Waals surface area contributed by atoms with Crippen molar-refractivity contribution in [3.05, 3.63) is 0 Å². The van der Waals surface area contributed by atoms with Crippen LogP contribution in [0.3, 0.4) is 0 Å². The molecule has 0 rings (SSSR count). The number of hydrogen-bond donors (Lipinski definition) is 0. The number of rotatable bonds is 4. The zero-order chi connectivity index (χ0) is 8.91. The molecule has 0 heterocycles. The second-order valence-corrected chi connectivity index (χ2v) is 5.84. The molecule has 0 nitrogen and oxygen atoms in total. The molecule has 0 aliphatic rings. The van der Waals surface area contributed by atoms with Gasteiger partial charge in [0.1, 0.15) is 0 Å². The van der Waals surface area contributed by atoms with Gasteiger partial charge in [-0.25, -0.2) is 0 Å². The van der Waals surface area contributed by atoms with Gasteiger partial charge >= 0.3 is 0 Å². The zero-order valence-electron chi connectivity index (χ0n) is 7.98. The van der Waals surface area contributed by atoms with Gasteiger partial charge in [0.05, 0.1) is 0 Å². The first-order valence-electron chi connectivity index (χ1n) is 4.16. The molecule has 0 aromatic heterocycles. The van der Waals surface area contributed by atoms with Gasteiger partial charge in [-0.3, -0.25) is 0 Å².